The first-order valence-electron chi connectivity index (χ1n) is 6.86. The number of amides is 2. The lowest BCUT2D eigenvalue weighted by Crippen LogP contribution is -2.59. The summed E-state index contributed by atoms with van der Waals surface area (Å²) in [5.74, 6) is 0.451. The molecular weight excluding hydrogens is 272 g/mol. The molecule has 6 heteroatoms. The monoisotopic (exact) mass is 296 g/mol. The molecule has 0 radical (unpaired) electrons. The molecule has 6 nitrogen and oxygen atoms in total. The number of urea groups is 1. The summed E-state index contributed by atoms with van der Waals surface area (Å²) in [6.07, 6.45) is 0. The third-order valence-electron chi connectivity index (χ3n) is 4.06. The molecule has 0 fully saturated rings. The smallest absolute Gasteiger partial charge is 0.315 e. The fourth-order valence-corrected chi connectivity index (χ4v) is 1.70. The minimum Gasteiger partial charge on any atom is -0.481 e. The van der Waals surface area contributed by atoms with Crippen LogP contribution in [-0.4, -0.2) is 22.6 Å². The molecule has 1 aromatic heterocycles. The number of nitrogens with one attached hydrogen (secondary N) is 2. The highest BCUT2D eigenvalue weighted by Gasteiger charge is 2.44. The van der Waals surface area contributed by atoms with Crippen molar-refractivity contribution in [2.45, 2.75) is 53.1 Å². The summed E-state index contributed by atoms with van der Waals surface area (Å²) in [7, 11) is 0. The molecule has 1 aromatic rings. The minimum atomic E-state index is -1.10. The predicted molar refractivity (Wildman–Crippen MR) is 79.0 cm³/mol. The first-order valence-corrected chi connectivity index (χ1v) is 6.86. The molecule has 0 aliphatic rings. The standard InChI is InChI=1S/C15H24N2O4/c1-9-7-8-11(21-9)10(2)16-13(20)17-15(5,6)14(3,4)12(18)19/h7-8,10H,1-6H3,(H,18,19)(H2,16,17,20). The number of aryl methyl sites for hydroxylation is 1. The highest BCUT2D eigenvalue weighted by Crippen LogP contribution is 2.30. The molecule has 1 rings (SSSR count). The van der Waals surface area contributed by atoms with Crippen LogP contribution < -0.4 is 10.6 Å². The number of carbonyl (C=O) groups excluding carboxylic acids is 1. The van der Waals surface area contributed by atoms with E-state index in [1.54, 1.807) is 40.7 Å². The average molecular weight is 296 g/mol. The van der Waals surface area contributed by atoms with Gasteiger partial charge in [-0.1, -0.05) is 0 Å². The maximum absolute atomic E-state index is 12.1. The number of hydrogen-bond acceptors (Lipinski definition) is 3. The quantitative estimate of drug-likeness (QED) is 0.779. The lowest BCUT2D eigenvalue weighted by atomic mass is 9.74. The normalized spacial score (nSPS) is 13.6. The average Bonchev–Trinajstić information content (AvgIpc) is 2.74. The zero-order chi connectivity index (χ0) is 16.4. The molecule has 118 valence electrons. The third-order valence-corrected chi connectivity index (χ3v) is 4.06. The van der Waals surface area contributed by atoms with Gasteiger partial charge in [0.1, 0.15) is 11.5 Å². The van der Waals surface area contributed by atoms with Crippen LogP contribution >= 0.6 is 0 Å². The Morgan fingerprint density at radius 3 is 2.24 bits per heavy atom. The van der Waals surface area contributed by atoms with Crippen molar-refractivity contribution in [2.75, 3.05) is 0 Å². The second kappa shape index (κ2) is 5.79. The summed E-state index contributed by atoms with van der Waals surface area (Å²) in [5, 5.41) is 14.7. The lowest BCUT2D eigenvalue weighted by Gasteiger charge is -2.38. The molecule has 3 N–H and O–H groups in total. The van der Waals surface area contributed by atoms with Gasteiger partial charge >= 0.3 is 12.0 Å². The van der Waals surface area contributed by atoms with Gasteiger partial charge in [-0.2, -0.15) is 0 Å². The number of carbonyl (C=O) groups is 2. The molecule has 2 amide bonds. The summed E-state index contributed by atoms with van der Waals surface area (Å²) >= 11 is 0. The van der Waals surface area contributed by atoms with Crippen LogP contribution in [0.15, 0.2) is 16.5 Å². The number of hydrogen-bond donors (Lipinski definition) is 3. The molecule has 0 bridgehead atoms. The molecule has 0 aliphatic carbocycles. The summed E-state index contributed by atoms with van der Waals surface area (Å²) in [5.41, 5.74) is -2.02. The Bertz CT molecular complexity index is 532. The van der Waals surface area contributed by atoms with Gasteiger partial charge in [-0.25, -0.2) is 4.79 Å². The van der Waals surface area contributed by atoms with E-state index in [1.807, 2.05) is 13.0 Å². The molecule has 1 unspecified atom stereocenters. The van der Waals surface area contributed by atoms with Crippen LogP contribution in [0.4, 0.5) is 4.79 Å². The maximum atomic E-state index is 12.1. The van der Waals surface area contributed by atoms with Crippen LogP contribution in [0.3, 0.4) is 0 Å². The molecule has 1 heterocycles. The van der Waals surface area contributed by atoms with E-state index >= 15 is 0 Å². The van der Waals surface area contributed by atoms with Gasteiger partial charge in [-0.3, -0.25) is 4.79 Å². The Labute approximate surface area is 124 Å². The van der Waals surface area contributed by atoms with E-state index in [1.165, 1.54) is 0 Å². The number of furan rings is 1. The van der Waals surface area contributed by atoms with Crippen LogP contribution in [0.2, 0.25) is 0 Å². The predicted octanol–water partition coefficient (Wildman–Crippen LogP) is 2.84. The van der Waals surface area contributed by atoms with Crippen molar-refractivity contribution in [2.24, 2.45) is 5.41 Å². The lowest BCUT2D eigenvalue weighted by molar-refractivity contribution is -0.150. The highest BCUT2D eigenvalue weighted by atomic mass is 16.4. The Kier molecular flexibility index (Phi) is 4.71. The molecule has 1 atom stereocenters. The minimum absolute atomic E-state index is 0.303. The topological polar surface area (TPSA) is 91.6 Å². The molecule has 0 aliphatic heterocycles. The van der Waals surface area contributed by atoms with E-state index < -0.39 is 23.0 Å². The van der Waals surface area contributed by atoms with Crippen molar-refractivity contribution in [3.8, 4) is 0 Å². The highest BCUT2D eigenvalue weighted by molar-refractivity contribution is 5.79. The molecule has 0 saturated carbocycles. The van der Waals surface area contributed by atoms with Gasteiger partial charge in [0.2, 0.25) is 0 Å². The Morgan fingerprint density at radius 1 is 1.24 bits per heavy atom. The number of carboxylic acid groups (broad SMARTS) is 1. The van der Waals surface area contributed by atoms with Crippen LogP contribution in [0, 0.1) is 12.3 Å². The van der Waals surface area contributed by atoms with Crippen molar-refractivity contribution in [3.63, 3.8) is 0 Å². The molecule has 21 heavy (non-hydrogen) atoms. The van der Waals surface area contributed by atoms with E-state index in [4.69, 9.17) is 4.42 Å². The van der Waals surface area contributed by atoms with Crippen LogP contribution in [0.5, 0.6) is 0 Å². The Balaban J connectivity index is 2.71. The van der Waals surface area contributed by atoms with E-state index in [0.29, 0.717) is 5.76 Å². The van der Waals surface area contributed by atoms with Gasteiger partial charge in [-0.05, 0) is 53.7 Å². The van der Waals surface area contributed by atoms with Crippen molar-refractivity contribution >= 4 is 12.0 Å². The van der Waals surface area contributed by atoms with Crippen molar-refractivity contribution in [1.82, 2.24) is 10.6 Å². The molecule has 0 aromatic carbocycles. The number of rotatable bonds is 5. The molecule has 0 spiro atoms. The summed E-state index contributed by atoms with van der Waals surface area (Å²) in [6.45, 7) is 10.1. The van der Waals surface area contributed by atoms with Gasteiger partial charge in [0, 0.05) is 0 Å². The number of carboxylic acids is 1. The zero-order valence-corrected chi connectivity index (χ0v) is 13.4. The largest absolute Gasteiger partial charge is 0.481 e. The SMILES string of the molecule is Cc1ccc(C(C)NC(=O)NC(C)(C)C(C)(C)C(=O)O)o1. The van der Waals surface area contributed by atoms with Crippen LogP contribution in [0.1, 0.15) is 52.2 Å². The second-order valence-corrected chi connectivity index (χ2v) is 6.32. The van der Waals surface area contributed by atoms with Crippen LogP contribution in [0.25, 0.3) is 0 Å². The third kappa shape index (κ3) is 3.77. The Morgan fingerprint density at radius 2 is 1.81 bits per heavy atom. The second-order valence-electron chi connectivity index (χ2n) is 6.32. The Hall–Kier alpha value is -1.98. The maximum Gasteiger partial charge on any atom is 0.315 e. The van der Waals surface area contributed by atoms with E-state index in [9.17, 15) is 14.7 Å². The van der Waals surface area contributed by atoms with E-state index in [2.05, 4.69) is 10.6 Å². The summed E-state index contributed by atoms with van der Waals surface area (Å²) in [6, 6.07) is 2.88. The van der Waals surface area contributed by atoms with Gasteiger partial charge in [-0.15, -0.1) is 0 Å². The summed E-state index contributed by atoms with van der Waals surface area (Å²) < 4.78 is 5.45. The molecular formula is C15H24N2O4. The fraction of sp³-hybridized carbons (Fsp3) is 0.600. The van der Waals surface area contributed by atoms with Gasteiger partial charge in [0.15, 0.2) is 0 Å². The van der Waals surface area contributed by atoms with Crippen molar-refractivity contribution < 1.29 is 19.1 Å². The van der Waals surface area contributed by atoms with E-state index in [0.717, 1.165) is 5.76 Å². The van der Waals surface area contributed by atoms with E-state index in [-0.39, 0.29) is 6.04 Å². The number of aliphatic carboxylic acids is 1. The fourth-order valence-electron chi connectivity index (χ4n) is 1.70. The first kappa shape index (κ1) is 17.1. The van der Waals surface area contributed by atoms with Gasteiger partial charge < -0.3 is 20.2 Å². The summed E-state index contributed by atoms with van der Waals surface area (Å²) in [4.78, 5) is 23.4. The first-order chi connectivity index (χ1) is 9.47. The zero-order valence-electron chi connectivity index (χ0n) is 13.4. The van der Waals surface area contributed by atoms with Gasteiger partial charge in [0.25, 0.3) is 0 Å². The molecule has 0 saturated heterocycles. The van der Waals surface area contributed by atoms with Gasteiger partial charge in [0.05, 0.1) is 17.0 Å². The van der Waals surface area contributed by atoms with Crippen molar-refractivity contribution in [1.29, 1.82) is 0 Å². The van der Waals surface area contributed by atoms with Crippen LogP contribution in [-0.2, 0) is 4.79 Å². The van der Waals surface area contributed by atoms with Crippen molar-refractivity contribution in [3.05, 3.63) is 23.7 Å².